The van der Waals surface area contributed by atoms with Crippen LogP contribution in [0.25, 0.3) is 0 Å². The SMILES string of the molecule is CC1(C)Oc2ccc(Br)cc2C(O)C1O. The normalized spacial score (nSPS) is 28.1. The molecule has 15 heavy (non-hydrogen) atoms. The van der Waals surface area contributed by atoms with E-state index < -0.39 is 17.8 Å². The third kappa shape index (κ3) is 1.77. The average Bonchev–Trinajstić information content (AvgIpc) is 2.16. The maximum atomic E-state index is 9.94. The molecule has 2 unspecified atom stereocenters. The lowest BCUT2D eigenvalue weighted by molar-refractivity contribution is -0.111. The van der Waals surface area contributed by atoms with Crippen LogP contribution in [0.1, 0.15) is 25.5 Å². The summed E-state index contributed by atoms with van der Waals surface area (Å²) in [6.45, 7) is 3.51. The Bertz CT molecular complexity index is 389. The maximum absolute atomic E-state index is 9.94. The molecule has 0 saturated heterocycles. The number of halogens is 1. The number of fused-ring (bicyclic) bond motifs is 1. The molecular weight excluding hydrogens is 260 g/mol. The van der Waals surface area contributed by atoms with E-state index in [4.69, 9.17) is 4.74 Å². The highest BCUT2D eigenvalue weighted by atomic mass is 79.9. The summed E-state index contributed by atoms with van der Waals surface area (Å²) in [7, 11) is 0. The van der Waals surface area contributed by atoms with Gasteiger partial charge in [0, 0.05) is 10.0 Å². The Hall–Kier alpha value is -0.580. The van der Waals surface area contributed by atoms with E-state index in [1.54, 1.807) is 26.0 Å². The summed E-state index contributed by atoms with van der Waals surface area (Å²) < 4.78 is 6.48. The van der Waals surface area contributed by atoms with Crippen LogP contribution in [0.15, 0.2) is 22.7 Å². The van der Waals surface area contributed by atoms with Crippen LogP contribution in [-0.4, -0.2) is 21.9 Å². The van der Waals surface area contributed by atoms with Crippen molar-refractivity contribution in [1.82, 2.24) is 0 Å². The van der Waals surface area contributed by atoms with E-state index in [0.29, 0.717) is 11.3 Å². The highest BCUT2D eigenvalue weighted by molar-refractivity contribution is 9.10. The van der Waals surface area contributed by atoms with Gasteiger partial charge in [0.05, 0.1) is 0 Å². The molecule has 2 atom stereocenters. The molecule has 0 aromatic heterocycles. The number of benzene rings is 1. The van der Waals surface area contributed by atoms with Crippen molar-refractivity contribution in [2.45, 2.75) is 31.7 Å². The van der Waals surface area contributed by atoms with Gasteiger partial charge in [-0.1, -0.05) is 15.9 Å². The molecule has 0 saturated carbocycles. The molecule has 0 spiro atoms. The van der Waals surface area contributed by atoms with Gasteiger partial charge >= 0.3 is 0 Å². The Kier molecular flexibility index (Phi) is 2.53. The van der Waals surface area contributed by atoms with E-state index in [0.717, 1.165) is 4.47 Å². The van der Waals surface area contributed by atoms with Crippen molar-refractivity contribution in [2.24, 2.45) is 0 Å². The van der Waals surface area contributed by atoms with Gasteiger partial charge in [-0.15, -0.1) is 0 Å². The van der Waals surface area contributed by atoms with Crippen molar-refractivity contribution in [1.29, 1.82) is 0 Å². The van der Waals surface area contributed by atoms with Crippen molar-refractivity contribution in [3.63, 3.8) is 0 Å². The van der Waals surface area contributed by atoms with E-state index in [1.807, 2.05) is 6.07 Å². The fraction of sp³-hybridized carbons (Fsp3) is 0.455. The molecule has 1 aliphatic heterocycles. The van der Waals surface area contributed by atoms with Crippen molar-refractivity contribution >= 4 is 15.9 Å². The second-order valence-corrected chi connectivity index (χ2v) is 5.19. The van der Waals surface area contributed by atoms with Gasteiger partial charge in [-0.25, -0.2) is 0 Å². The number of aliphatic hydroxyl groups excluding tert-OH is 2. The first-order valence-corrected chi connectivity index (χ1v) is 5.56. The molecule has 0 radical (unpaired) electrons. The quantitative estimate of drug-likeness (QED) is 0.760. The third-order valence-electron chi connectivity index (χ3n) is 2.67. The fourth-order valence-corrected chi connectivity index (χ4v) is 2.12. The zero-order valence-electron chi connectivity index (χ0n) is 8.57. The van der Waals surface area contributed by atoms with E-state index in [2.05, 4.69) is 15.9 Å². The van der Waals surface area contributed by atoms with Crippen LogP contribution in [-0.2, 0) is 0 Å². The zero-order valence-corrected chi connectivity index (χ0v) is 10.2. The topological polar surface area (TPSA) is 49.7 Å². The minimum absolute atomic E-state index is 0.621. The van der Waals surface area contributed by atoms with Crippen LogP contribution in [0, 0.1) is 0 Å². The molecule has 0 bridgehead atoms. The number of aliphatic hydroxyl groups is 2. The summed E-state index contributed by atoms with van der Waals surface area (Å²) in [5, 5.41) is 19.8. The van der Waals surface area contributed by atoms with Crippen LogP contribution >= 0.6 is 15.9 Å². The Morgan fingerprint density at radius 2 is 2.00 bits per heavy atom. The highest BCUT2D eigenvalue weighted by Crippen LogP contribution is 2.40. The van der Waals surface area contributed by atoms with Gasteiger partial charge in [-0.2, -0.15) is 0 Å². The first-order valence-electron chi connectivity index (χ1n) is 4.76. The van der Waals surface area contributed by atoms with E-state index in [-0.39, 0.29) is 0 Å². The second-order valence-electron chi connectivity index (χ2n) is 4.28. The monoisotopic (exact) mass is 272 g/mol. The first-order chi connectivity index (χ1) is 6.92. The number of rotatable bonds is 0. The summed E-state index contributed by atoms with van der Waals surface area (Å²) in [6, 6.07) is 5.40. The van der Waals surface area contributed by atoms with Gasteiger partial charge in [0.2, 0.25) is 0 Å². The van der Waals surface area contributed by atoms with E-state index in [9.17, 15) is 10.2 Å². The highest BCUT2D eigenvalue weighted by Gasteiger charge is 2.41. The Morgan fingerprint density at radius 3 is 2.67 bits per heavy atom. The molecule has 2 N–H and O–H groups in total. The van der Waals surface area contributed by atoms with Crippen molar-refractivity contribution in [3.05, 3.63) is 28.2 Å². The predicted molar refractivity (Wildman–Crippen MR) is 59.8 cm³/mol. The molecule has 1 aromatic rings. The smallest absolute Gasteiger partial charge is 0.132 e. The largest absolute Gasteiger partial charge is 0.485 e. The minimum Gasteiger partial charge on any atom is -0.485 e. The molecule has 2 rings (SSSR count). The summed E-state index contributed by atoms with van der Waals surface area (Å²) in [6.07, 6.45) is -1.82. The average molecular weight is 273 g/mol. The standard InChI is InChI=1S/C11H13BrO3/c1-11(2)10(14)9(13)7-5-6(12)3-4-8(7)15-11/h3-5,9-10,13-14H,1-2H3. The number of hydrogen-bond donors (Lipinski definition) is 2. The van der Waals surface area contributed by atoms with Gasteiger partial charge in [-0.05, 0) is 32.0 Å². The maximum Gasteiger partial charge on any atom is 0.132 e. The summed E-state index contributed by atoms with van der Waals surface area (Å²) in [4.78, 5) is 0. The van der Waals surface area contributed by atoms with Crippen molar-refractivity contribution in [2.75, 3.05) is 0 Å². The lowest BCUT2D eigenvalue weighted by Crippen LogP contribution is -2.48. The molecule has 0 fully saturated rings. The summed E-state index contributed by atoms with van der Waals surface area (Å²) in [5.74, 6) is 0.626. The predicted octanol–water partition coefficient (Wildman–Crippen LogP) is 2.01. The summed E-state index contributed by atoms with van der Waals surface area (Å²) >= 11 is 3.32. The van der Waals surface area contributed by atoms with Gasteiger partial charge in [0.25, 0.3) is 0 Å². The Balaban J connectivity index is 2.50. The molecule has 4 heteroatoms. The van der Waals surface area contributed by atoms with Crippen molar-refractivity contribution in [3.8, 4) is 5.75 Å². The van der Waals surface area contributed by atoms with Crippen LogP contribution in [0.3, 0.4) is 0 Å². The first kappa shape index (κ1) is 10.9. The molecule has 1 aromatic carbocycles. The fourth-order valence-electron chi connectivity index (χ4n) is 1.74. The van der Waals surface area contributed by atoms with Crippen LogP contribution in [0.2, 0.25) is 0 Å². The van der Waals surface area contributed by atoms with Gasteiger partial charge in [0.15, 0.2) is 0 Å². The minimum atomic E-state index is -0.917. The Labute approximate surface area is 96.8 Å². The molecule has 82 valence electrons. The Morgan fingerprint density at radius 1 is 1.33 bits per heavy atom. The zero-order chi connectivity index (χ0) is 11.2. The summed E-state index contributed by atoms with van der Waals surface area (Å²) in [5.41, 5.74) is -0.142. The lowest BCUT2D eigenvalue weighted by atomic mass is 9.89. The third-order valence-corrected chi connectivity index (χ3v) is 3.17. The van der Waals surface area contributed by atoms with Gasteiger partial charge in [0.1, 0.15) is 23.6 Å². The van der Waals surface area contributed by atoms with Gasteiger partial charge in [-0.3, -0.25) is 0 Å². The van der Waals surface area contributed by atoms with Crippen molar-refractivity contribution < 1.29 is 14.9 Å². The van der Waals surface area contributed by atoms with Gasteiger partial charge < -0.3 is 14.9 Å². The van der Waals surface area contributed by atoms with Crippen LogP contribution in [0.5, 0.6) is 5.75 Å². The van der Waals surface area contributed by atoms with E-state index in [1.165, 1.54) is 0 Å². The lowest BCUT2D eigenvalue weighted by Gasteiger charge is -2.40. The van der Waals surface area contributed by atoms with Crippen LogP contribution < -0.4 is 4.74 Å². The number of ether oxygens (including phenoxy) is 1. The molecule has 0 aliphatic carbocycles. The van der Waals surface area contributed by atoms with Crippen LogP contribution in [0.4, 0.5) is 0 Å². The van der Waals surface area contributed by atoms with E-state index >= 15 is 0 Å². The molecule has 3 nitrogen and oxygen atoms in total. The number of hydrogen-bond acceptors (Lipinski definition) is 3. The molecular formula is C11H13BrO3. The molecule has 1 heterocycles. The molecule has 1 aliphatic rings. The second kappa shape index (κ2) is 3.47. The molecule has 0 amide bonds.